The van der Waals surface area contributed by atoms with Crippen LogP contribution in [-0.2, 0) is 15.8 Å². The van der Waals surface area contributed by atoms with Crippen LogP contribution in [0.25, 0.3) is 0 Å². The van der Waals surface area contributed by atoms with Crippen molar-refractivity contribution in [1.29, 1.82) is 0 Å². The van der Waals surface area contributed by atoms with E-state index < -0.39 is 22.7 Å². The van der Waals surface area contributed by atoms with Crippen molar-refractivity contribution in [3.63, 3.8) is 0 Å². The second-order valence-corrected chi connectivity index (χ2v) is 5.24. The predicted octanol–water partition coefficient (Wildman–Crippen LogP) is -0.541. The van der Waals surface area contributed by atoms with Crippen LogP contribution in [-0.4, -0.2) is 37.9 Å². The van der Waals surface area contributed by atoms with Crippen LogP contribution in [0.15, 0.2) is 30.3 Å². The van der Waals surface area contributed by atoms with Gasteiger partial charge in [-0.05, 0) is 5.56 Å². The van der Waals surface area contributed by atoms with E-state index in [9.17, 15) is 8.42 Å². The maximum atomic E-state index is 11.5. The van der Waals surface area contributed by atoms with Gasteiger partial charge in [0, 0.05) is 6.54 Å². The quantitative estimate of drug-likeness (QED) is 0.628. The zero-order valence-electron chi connectivity index (χ0n) is 8.70. The SMILES string of the molecule is O=S(=O)(Cc1ccccc1)NCC(O)CO. The molecule has 0 bridgehead atoms. The molecule has 0 radical (unpaired) electrons. The number of benzene rings is 1. The van der Waals surface area contributed by atoms with E-state index in [2.05, 4.69) is 4.72 Å². The van der Waals surface area contributed by atoms with Crippen molar-refractivity contribution in [3.05, 3.63) is 35.9 Å². The molecule has 1 rings (SSSR count). The summed E-state index contributed by atoms with van der Waals surface area (Å²) in [5, 5.41) is 17.5. The van der Waals surface area contributed by atoms with E-state index in [1.54, 1.807) is 30.3 Å². The summed E-state index contributed by atoms with van der Waals surface area (Å²) >= 11 is 0. The van der Waals surface area contributed by atoms with Crippen LogP contribution in [0, 0.1) is 0 Å². The molecule has 1 unspecified atom stereocenters. The third-order valence-electron chi connectivity index (χ3n) is 1.95. The van der Waals surface area contributed by atoms with Gasteiger partial charge in [-0.2, -0.15) is 0 Å². The standard InChI is InChI=1S/C10H15NO4S/c12-7-10(13)6-11-16(14,15)8-9-4-2-1-3-5-9/h1-5,10-13H,6-8H2. The Morgan fingerprint density at radius 3 is 2.44 bits per heavy atom. The molecule has 0 aliphatic carbocycles. The summed E-state index contributed by atoms with van der Waals surface area (Å²) in [6.45, 7) is -0.639. The minimum absolute atomic E-state index is 0.133. The molecule has 5 nitrogen and oxygen atoms in total. The van der Waals surface area contributed by atoms with Gasteiger partial charge in [-0.3, -0.25) is 0 Å². The fraction of sp³-hybridized carbons (Fsp3) is 0.400. The number of hydrogen-bond donors (Lipinski definition) is 3. The molecule has 0 heterocycles. The van der Waals surface area contributed by atoms with E-state index in [0.717, 1.165) is 0 Å². The topological polar surface area (TPSA) is 86.6 Å². The molecule has 0 amide bonds. The fourth-order valence-corrected chi connectivity index (χ4v) is 2.31. The van der Waals surface area contributed by atoms with Crippen LogP contribution in [0.4, 0.5) is 0 Å². The lowest BCUT2D eigenvalue weighted by Gasteiger charge is -2.09. The van der Waals surface area contributed by atoms with E-state index >= 15 is 0 Å². The van der Waals surface area contributed by atoms with Gasteiger partial charge in [-0.1, -0.05) is 30.3 Å². The molecule has 0 saturated heterocycles. The lowest BCUT2D eigenvalue weighted by Crippen LogP contribution is -2.34. The second kappa shape index (κ2) is 5.95. The first-order valence-corrected chi connectivity index (χ1v) is 6.49. The average Bonchev–Trinajstić information content (AvgIpc) is 2.27. The molecule has 0 aliphatic rings. The highest BCUT2D eigenvalue weighted by molar-refractivity contribution is 7.88. The molecule has 0 saturated carbocycles. The first kappa shape index (κ1) is 13.1. The summed E-state index contributed by atoms with van der Waals surface area (Å²) in [6, 6.07) is 8.74. The van der Waals surface area contributed by atoms with Gasteiger partial charge in [-0.15, -0.1) is 0 Å². The Bertz CT molecular complexity index is 404. The summed E-state index contributed by atoms with van der Waals surface area (Å²) in [5.74, 6) is -0.133. The van der Waals surface area contributed by atoms with E-state index in [1.807, 2.05) is 0 Å². The molecular weight excluding hydrogens is 230 g/mol. The van der Waals surface area contributed by atoms with E-state index in [1.165, 1.54) is 0 Å². The smallest absolute Gasteiger partial charge is 0.215 e. The number of rotatable bonds is 6. The average molecular weight is 245 g/mol. The van der Waals surface area contributed by atoms with E-state index in [0.29, 0.717) is 5.56 Å². The summed E-state index contributed by atoms with van der Waals surface area (Å²) in [4.78, 5) is 0. The Labute approximate surface area is 94.8 Å². The Balaban J connectivity index is 2.53. The molecule has 16 heavy (non-hydrogen) atoms. The predicted molar refractivity (Wildman–Crippen MR) is 60.2 cm³/mol. The minimum Gasteiger partial charge on any atom is -0.394 e. The van der Waals surface area contributed by atoms with Gasteiger partial charge < -0.3 is 10.2 Å². The molecule has 0 aromatic heterocycles. The molecule has 0 spiro atoms. The Morgan fingerprint density at radius 1 is 1.25 bits per heavy atom. The van der Waals surface area contributed by atoms with Gasteiger partial charge in [0.05, 0.1) is 18.5 Å². The number of hydrogen-bond acceptors (Lipinski definition) is 4. The van der Waals surface area contributed by atoms with E-state index in [-0.39, 0.29) is 12.3 Å². The fourth-order valence-electron chi connectivity index (χ4n) is 1.13. The normalized spacial score (nSPS) is 13.6. The lowest BCUT2D eigenvalue weighted by molar-refractivity contribution is 0.0988. The second-order valence-electron chi connectivity index (χ2n) is 3.43. The highest BCUT2D eigenvalue weighted by Crippen LogP contribution is 2.03. The third-order valence-corrected chi connectivity index (χ3v) is 3.27. The maximum absolute atomic E-state index is 11.5. The number of sulfonamides is 1. The Morgan fingerprint density at radius 2 is 1.88 bits per heavy atom. The summed E-state index contributed by atoms with van der Waals surface area (Å²) < 4.78 is 25.3. The van der Waals surface area contributed by atoms with Gasteiger partial charge in [-0.25, -0.2) is 13.1 Å². The van der Waals surface area contributed by atoms with Gasteiger partial charge in [0.1, 0.15) is 0 Å². The maximum Gasteiger partial charge on any atom is 0.215 e. The highest BCUT2D eigenvalue weighted by Gasteiger charge is 2.12. The lowest BCUT2D eigenvalue weighted by atomic mass is 10.2. The molecule has 1 aromatic carbocycles. The first-order chi connectivity index (χ1) is 7.53. The van der Waals surface area contributed by atoms with Crippen molar-refractivity contribution in [1.82, 2.24) is 4.72 Å². The third kappa shape index (κ3) is 4.71. The molecule has 0 fully saturated rings. The van der Waals surface area contributed by atoms with Crippen LogP contribution in [0.2, 0.25) is 0 Å². The zero-order chi connectivity index (χ0) is 12.0. The zero-order valence-corrected chi connectivity index (χ0v) is 9.52. The molecule has 0 aliphatic heterocycles. The summed E-state index contributed by atoms with van der Waals surface area (Å²) in [7, 11) is -3.46. The first-order valence-electron chi connectivity index (χ1n) is 4.83. The highest BCUT2D eigenvalue weighted by atomic mass is 32.2. The van der Waals surface area contributed by atoms with Crippen LogP contribution >= 0.6 is 0 Å². The molecule has 6 heteroatoms. The van der Waals surface area contributed by atoms with Gasteiger partial charge in [0.2, 0.25) is 10.0 Å². The van der Waals surface area contributed by atoms with E-state index in [4.69, 9.17) is 10.2 Å². The number of nitrogens with one attached hydrogen (secondary N) is 1. The number of aliphatic hydroxyl groups excluding tert-OH is 2. The van der Waals surface area contributed by atoms with Crippen LogP contribution in [0.5, 0.6) is 0 Å². The van der Waals surface area contributed by atoms with Gasteiger partial charge >= 0.3 is 0 Å². The molecule has 1 aromatic rings. The molecule has 3 N–H and O–H groups in total. The molecule has 1 atom stereocenters. The summed E-state index contributed by atoms with van der Waals surface area (Å²) in [6.07, 6.45) is -1.06. The van der Waals surface area contributed by atoms with Crippen LogP contribution < -0.4 is 4.72 Å². The molecular formula is C10H15NO4S. The molecule has 90 valence electrons. The van der Waals surface area contributed by atoms with Gasteiger partial charge in [0.25, 0.3) is 0 Å². The van der Waals surface area contributed by atoms with Crippen molar-refractivity contribution >= 4 is 10.0 Å². The largest absolute Gasteiger partial charge is 0.394 e. The monoisotopic (exact) mass is 245 g/mol. The van der Waals surface area contributed by atoms with Crippen molar-refractivity contribution in [3.8, 4) is 0 Å². The van der Waals surface area contributed by atoms with Crippen molar-refractivity contribution in [2.45, 2.75) is 11.9 Å². The van der Waals surface area contributed by atoms with Gasteiger partial charge in [0.15, 0.2) is 0 Å². The Hall–Kier alpha value is -0.950. The minimum atomic E-state index is -3.46. The summed E-state index contributed by atoms with van der Waals surface area (Å²) in [5.41, 5.74) is 0.675. The van der Waals surface area contributed by atoms with Crippen molar-refractivity contribution in [2.75, 3.05) is 13.2 Å². The van der Waals surface area contributed by atoms with Crippen LogP contribution in [0.3, 0.4) is 0 Å². The van der Waals surface area contributed by atoms with Crippen LogP contribution in [0.1, 0.15) is 5.56 Å². The number of aliphatic hydroxyl groups is 2. The van der Waals surface area contributed by atoms with Crippen molar-refractivity contribution < 1.29 is 18.6 Å². The Kier molecular flexibility index (Phi) is 4.88. The van der Waals surface area contributed by atoms with Crippen molar-refractivity contribution in [2.24, 2.45) is 0 Å².